The molecular weight excluding hydrogens is 334 g/mol. The number of nitrogens with one attached hydrogen (secondary N) is 1. The van der Waals surface area contributed by atoms with Gasteiger partial charge >= 0.3 is 0 Å². The first-order chi connectivity index (χ1) is 12.8. The standard InChI is InChI=1S/C18H19N5O3/c1-2-25-18-14(6-4-10-20-18)12-21-15(24)7-8-16-22-17(23-26-16)13-5-3-9-19-11-13/h3-6,9-11H,2,7-8,12H2,1H3,(H,21,24). The zero-order valence-corrected chi connectivity index (χ0v) is 14.4. The molecule has 0 aromatic carbocycles. The Hall–Kier alpha value is -3.29. The second-order valence-corrected chi connectivity index (χ2v) is 5.43. The van der Waals surface area contributed by atoms with Crippen molar-refractivity contribution in [3.05, 3.63) is 54.3 Å². The van der Waals surface area contributed by atoms with Crippen LogP contribution >= 0.6 is 0 Å². The number of rotatable bonds is 8. The Balaban J connectivity index is 1.50. The Morgan fingerprint density at radius 3 is 2.96 bits per heavy atom. The van der Waals surface area contributed by atoms with E-state index in [4.69, 9.17) is 9.26 Å². The van der Waals surface area contributed by atoms with Crippen molar-refractivity contribution in [1.82, 2.24) is 25.4 Å². The van der Waals surface area contributed by atoms with Crippen LogP contribution in [0.5, 0.6) is 5.88 Å². The molecule has 0 unspecified atom stereocenters. The maximum Gasteiger partial charge on any atom is 0.227 e. The van der Waals surface area contributed by atoms with Crippen LogP contribution in [0.2, 0.25) is 0 Å². The van der Waals surface area contributed by atoms with Gasteiger partial charge in [-0.25, -0.2) is 4.98 Å². The first kappa shape index (κ1) is 17.5. The van der Waals surface area contributed by atoms with E-state index in [1.54, 1.807) is 24.7 Å². The zero-order valence-electron chi connectivity index (χ0n) is 14.4. The van der Waals surface area contributed by atoms with E-state index in [-0.39, 0.29) is 12.3 Å². The van der Waals surface area contributed by atoms with E-state index in [0.29, 0.717) is 37.2 Å². The molecule has 0 saturated carbocycles. The summed E-state index contributed by atoms with van der Waals surface area (Å²) in [5, 5.41) is 6.76. The quantitative estimate of drug-likeness (QED) is 0.662. The van der Waals surface area contributed by atoms with Gasteiger partial charge in [0.05, 0.1) is 6.61 Å². The first-order valence-electron chi connectivity index (χ1n) is 8.32. The molecule has 0 bridgehead atoms. The lowest BCUT2D eigenvalue weighted by Gasteiger charge is -2.09. The van der Waals surface area contributed by atoms with Crippen molar-refractivity contribution in [2.24, 2.45) is 0 Å². The summed E-state index contributed by atoms with van der Waals surface area (Å²) in [5.74, 6) is 1.30. The minimum Gasteiger partial charge on any atom is -0.478 e. The molecule has 0 aliphatic rings. The van der Waals surface area contributed by atoms with Crippen LogP contribution < -0.4 is 10.1 Å². The van der Waals surface area contributed by atoms with E-state index in [9.17, 15) is 4.79 Å². The number of amides is 1. The van der Waals surface area contributed by atoms with E-state index in [2.05, 4.69) is 25.4 Å². The molecule has 134 valence electrons. The average Bonchev–Trinajstić information content (AvgIpc) is 3.16. The number of hydrogen-bond acceptors (Lipinski definition) is 7. The van der Waals surface area contributed by atoms with Gasteiger partial charge in [-0.15, -0.1) is 0 Å². The minimum absolute atomic E-state index is 0.113. The molecule has 0 radical (unpaired) electrons. The third kappa shape index (κ3) is 4.62. The maximum absolute atomic E-state index is 12.1. The number of carbonyl (C=O) groups is 1. The van der Waals surface area contributed by atoms with Crippen molar-refractivity contribution in [2.45, 2.75) is 26.3 Å². The van der Waals surface area contributed by atoms with Crippen LogP contribution in [0.4, 0.5) is 0 Å². The zero-order chi connectivity index (χ0) is 18.2. The molecule has 1 amide bonds. The van der Waals surface area contributed by atoms with Crippen molar-refractivity contribution >= 4 is 5.91 Å². The van der Waals surface area contributed by atoms with Gasteiger partial charge in [-0.3, -0.25) is 9.78 Å². The van der Waals surface area contributed by atoms with Gasteiger partial charge in [-0.2, -0.15) is 4.98 Å². The van der Waals surface area contributed by atoms with Gasteiger partial charge in [0.15, 0.2) is 0 Å². The Kier molecular flexibility index (Phi) is 5.87. The highest BCUT2D eigenvalue weighted by atomic mass is 16.5. The molecule has 3 aromatic heterocycles. The molecule has 0 spiro atoms. The van der Waals surface area contributed by atoms with Crippen LogP contribution in [0.3, 0.4) is 0 Å². The molecule has 0 fully saturated rings. The summed E-state index contributed by atoms with van der Waals surface area (Å²) in [7, 11) is 0. The van der Waals surface area contributed by atoms with Crippen LogP contribution in [-0.4, -0.2) is 32.6 Å². The van der Waals surface area contributed by atoms with Gasteiger partial charge in [0.2, 0.25) is 23.5 Å². The van der Waals surface area contributed by atoms with Crippen LogP contribution in [0.25, 0.3) is 11.4 Å². The van der Waals surface area contributed by atoms with E-state index in [0.717, 1.165) is 11.1 Å². The monoisotopic (exact) mass is 353 g/mol. The highest BCUT2D eigenvalue weighted by Crippen LogP contribution is 2.15. The molecule has 3 aromatic rings. The summed E-state index contributed by atoms with van der Waals surface area (Å²) in [4.78, 5) is 24.5. The maximum atomic E-state index is 12.1. The van der Waals surface area contributed by atoms with Crippen molar-refractivity contribution in [1.29, 1.82) is 0 Å². The summed E-state index contributed by atoms with van der Waals surface area (Å²) in [6.07, 6.45) is 5.61. The van der Waals surface area contributed by atoms with Gasteiger partial charge in [-0.05, 0) is 25.1 Å². The summed E-state index contributed by atoms with van der Waals surface area (Å²) in [6.45, 7) is 2.77. The number of aryl methyl sites for hydroxylation is 1. The van der Waals surface area contributed by atoms with Crippen molar-refractivity contribution in [2.75, 3.05) is 6.61 Å². The lowest BCUT2D eigenvalue weighted by molar-refractivity contribution is -0.121. The van der Waals surface area contributed by atoms with Crippen molar-refractivity contribution < 1.29 is 14.1 Å². The predicted octanol–water partition coefficient (Wildman–Crippen LogP) is 2.17. The fraction of sp³-hybridized carbons (Fsp3) is 0.278. The van der Waals surface area contributed by atoms with E-state index in [1.807, 2.05) is 25.1 Å². The second kappa shape index (κ2) is 8.70. The largest absolute Gasteiger partial charge is 0.478 e. The van der Waals surface area contributed by atoms with Crippen molar-refractivity contribution in [3.8, 4) is 17.3 Å². The molecule has 26 heavy (non-hydrogen) atoms. The summed E-state index contributed by atoms with van der Waals surface area (Å²) >= 11 is 0. The average molecular weight is 353 g/mol. The third-order valence-electron chi connectivity index (χ3n) is 3.56. The molecule has 0 saturated heterocycles. The summed E-state index contributed by atoms with van der Waals surface area (Å²) < 4.78 is 10.6. The highest BCUT2D eigenvalue weighted by Gasteiger charge is 2.11. The van der Waals surface area contributed by atoms with Crippen LogP contribution in [0, 0.1) is 0 Å². The van der Waals surface area contributed by atoms with Crippen LogP contribution in [-0.2, 0) is 17.8 Å². The van der Waals surface area contributed by atoms with E-state index in [1.165, 1.54) is 0 Å². The second-order valence-electron chi connectivity index (χ2n) is 5.43. The smallest absolute Gasteiger partial charge is 0.227 e. The van der Waals surface area contributed by atoms with Gasteiger partial charge in [-0.1, -0.05) is 11.2 Å². The minimum atomic E-state index is -0.113. The number of hydrogen-bond donors (Lipinski definition) is 1. The topological polar surface area (TPSA) is 103 Å². The number of aromatic nitrogens is 4. The molecule has 8 heteroatoms. The van der Waals surface area contributed by atoms with Crippen molar-refractivity contribution in [3.63, 3.8) is 0 Å². The number of pyridine rings is 2. The lowest BCUT2D eigenvalue weighted by atomic mass is 10.2. The fourth-order valence-electron chi connectivity index (χ4n) is 2.30. The first-order valence-corrected chi connectivity index (χ1v) is 8.32. The van der Waals surface area contributed by atoms with Crippen LogP contribution in [0.15, 0.2) is 47.4 Å². The Bertz CT molecular complexity index is 851. The predicted molar refractivity (Wildman–Crippen MR) is 93.1 cm³/mol. The summed E-state index contributed by atoms with van der Waals surface area (Å²) in [5.41, 5.74) is 1.60. The number of carbonyl (C=O) groups excluding carboxylic acids is 1. The molecule has 8 nitrogen and oxygen atoms in total. The highest BCUT2D eigenvalue weighted by molar-refractivity contribution is 5.76. The molecule has 0 aliphatic carbocycles. The van der Waals surface area contributed by atoms with E-state index >= 15 is 0 Å². The number of ether oxygens (including phenoxy) is 1. The van der Waals surface area contributed by atoms with Gasteiger partial charge in [0.1, 0.15) is 0 Å². The third-order valence-corrected chi connectivity index (χ3v) is 3.56. The normalized spacial score (nSPS) is 10.5. The van der Waals surface area contributed by atoms with Gasteiger partial charge < -0.3 is 14.6 Å². The van der Waals surface area contributed by atoms with E-state index < -0.39 is 0 Å². The molecular formula is C18H19N5O3. The lowest BCUT2D eigenvalue weighted by Crippen LogP contribution is -2.23. The van der Waals surface area contributed by atoms with Crippen LogP contribution in [0.1, 0.15) is 24.8 Å². The SMILES string of the molecule is CCOc1ncccc1CNC(=O)CCc1nc(-c2cccnc2)no1. The Morgan fingerprint density at radius 2 is 2.15 bits per heavy atom. The summed E-state index contributed by atoms with van der Waals surface area (Å²) in [6, 6.07) is 7.32. The molecule has 3 heterocycles. The van der Waals surface area contributed by atoms with Gasteiger partial charge in [0, 0.05) is 49.1 Å². The molecule has 3 rings (SSSR count). The van der Waals surface area contributed by atoms with Gasteiger partial charge in [0.25, 0.3) is 0 Å². The molecule has 0 aliphatic heterocycles. The molecule has 1 N–H and O–H groups in total. The number of nitrogens with zero attached hydrogens (tertiary/aromatic N) is 4. The Morgan fingerprint density at radius 1 is 1.27 bits per heavy atom. The fourth-order valence-corrected chi connectivity index (χ4v) is 2.30. The Labute approximate surface area is 150 Å². The molecule has 0 atom stereocenters.